The van der Waals surface area contributed by atoms with Crippen molar-refractivity contribution in [2.75, 3.05) is 31.0 Å². The van der Waals surface area contributed by atoms with Gasteiger partial charge in [-0.05, 0) is 12.2 Å². The molecule has 88 valence electrons. The minimum absolute atomic E-state index is 0.571. The van der Waals surface area contributed by atoms with Gasteiger partial charge >= 0.3 is 0 Å². The Morgan fingerprint density at radius 2 is 1.88 bits per heavy atom. The second-order valence-electron chi connectivity index (χ2n) is 3.81. The van der Waals surface area contributed by atoms with E-state index in [1.165, 1.54) is 17.9 Å². The van der Waals surface area contributed by atoms with E-state index in [0.29, 0.717) is 6.04 Å². The van der Waals surface area contributed by atoms with E-state index >= 15 is 0 Å². The molecule has 1 saturated heterocycles. The summed E-state index contributed by atoms with van der Waals surface area (Å²) in [5, 5.41) is 3.51. The summed E-state index contributed by atoms with van der Waals surface area (Å²) >= 11 is 2.00. The first-order valence-electron chi connectivity index (χ1n) is 5.39. The van der Waals surface area contributed by atoms with Crippen LogP contribution in [0.15, 0.2) is 18.2 Å². The maximum Gasteiger partial charge on any atom is 0.124 e. The van der Waals surface area contributed by atoms with Crippen LogP contribution in [0.1, 0.15) is 6.42 Å². The average molecular weight is 239 g/mol. The molecule has 16 heavy (non-hydrogen) atoms. The number of methoxy groups -OCH3 is 2. The van der Waals surface area contributed by atoms with Gasteiger partial charge in [0.25, 0.3) is 0 Å². The van der Waals surface area contributed by atoms with Crippen LogP contribution < -0.4 is 14.8 Å². The second-order valence-corrected chi connectivity index (χ2v) is 4.96. The van der Waals surface area contributed by atoms with Gasteiger partial charge in [-0.2, -0.15) is 11.8 Å². The molecule has 0 saturated carbocycles. The van der Waals surface area contributed by atoms with Gasteiger partial charge in [0.2, 0.25) is 0 Å². The number of benzene rings is 1. The van der Waals surface area contributed by atoms with Crippen LogP contribution in [0.2, 0.25) is 0 Å². The maximum absolute atomic E-state index is 5.24. The van der Waals surface area contributed by atoms with Crippen LogP contribution in [0, 0.1) is 0 Å². The first-order valence-corrected chi connectivity index (χ1v) is 6.54. The average Bonchev–Trinajstić information content (AvgIpc) is 2.81. The molecule has 0 bridgehead atoms. The first kappa shape index (κ1) is 11.5. The lowest BCUT2D eigenvalue weighted by Gasteiger charge is -2.14. The minimum Gasteiger partial charge on any atom is -0.497 e. The van der Waals surface area contributed by atoms with Crippen LogP contribution in [0.4, 0.5) is 5.69 Å². The normalized spacial score (nSPS) is 19.5. The lowest BCUT2D eigenvalue weighted by atomic mass is 10.2. The molecule has 1 heterocycles. The summed E-state index contributed by atoms with van der Waals surface area (Å²) in [5.41, 5.74) is 1.07. The van der Waals surface area contributed by atoms with Gasteiger partial charge < -0.3 is 14.8 Å². The molecule has 4 heteroatoms. The smallest absolute Gasteiger partial charge is 0.124 e. The number of rotatable bonds is 4. The molecule has 0 aliphatic carbocycles. The van der Waals surface area contributed by atoms with Gasteiger partial charge in [0.05, 0.1) is 14.2 Å². The molecule has 1 fully saturated rings. The lowest BCUT2D eigenvalue weighted by Crippen LogP contribution is -2.17. The third-order valence-electron chi connectivity index (χ3n) is 2.65. The summed E-state index contributed by atoms with van der Waals surface area (Å²) in [4.78, 5) is 0. The fraction of sp³-hybridized carbons (Fsp3) is 0.500. The summed E-state index contributed by atoms with van der Waals surface area (Å²) in [7, 11) is 3.34. The number of hydrogen-bond acceptors (Lipinski definition) is 4. The van der Waals surface area contributed by atoms with E-state index in [9.17, 15) is 0 Å². The van der Waals surface area contributed by atoms with Crippen molar-refractivity contribution in [3.05, 3.63) is 18.2 Å². The van der Waals surface area contributed by atoms with Gasteiger partial charge in [-0.25, -0.2) is 0 Å². The van der Waals surface area contributed by atoms with Crippen molar-refractivity contribution in [2.24, 2.45) is 0 Å². The van der Waals surface area contributed by atoms with Crippen molar-refractivity contribution in [1.29, 1.82) is 0 Å². The largest absolute Gasteiger partial charge is 0.497 e. The van der Waals surface area contributed by atoms with Crippen LogP contribution in [-0.2, 0) is 0 Å². The van der Waals surface area contributed by atoms with Crippen molar-refractivity contribution >= 4 is 17.4 Å². The molecule has 1 atom stereocenters. The zero-order chi connectivity index (χ0) is 11.4. The van der Waals surface area contributed by atoms with Gasteiger partial charge in [0.1, 0.15) is 11.5 Å². The topological polar surface area (TPSA) is 30.5 Å². The Morgan fingerprint density at radius 1 is 1.19 bits per heavy atom. The Bertz CT molecular complexity index is 329. The van der Waals surface area contributed by atoms with Crippen LogP contribution in [0.3, 0.4) is 0 Å². The number of nitrogens with one attached hydrogen (secondary N) is 1. The first-order chi connectivity index (χ1) is 7.81. The highest BCUT2D eigenvalue weighted by Gasteiger charge is 2.15. The summed E-state index contributed by atoms with van der Waals surface area (Å²) < 4.78 is 10.5. The third-order valence-corrected chi connectivity index (χ3v) is 3.81. The van der Waals surface area contributed by atoms with Crippen LogP contribution in [0.25, 0.3) is 0 Å². The van der Waals surface area contributed by atoms with E-state index in [2.05, 4.69) is 5.32 Å². The molecular weight excluding hydrogens is 222 g/mol. The molecule has 1 N–H and O–H groups in total. The third kappa shape index (κ3) is 2.76. The predicted molar refractivity (Wildman–Crippen MR) is 68.9 cm³/mol. The highest BCUT2D eigenvalue weighted by atomic mass is 32.2. The summed E-state index contributed by atoms with van der Waals surface area (Å²) in [5.74, 6) is 4.08. The summed E-state index contributed by atoms with van der Waals surface area (Å²) in [6.07, 6.45) is 1.23. The molecule has 2 rings (SSSR count). The monoisotopic (exact) mass is 239 g/mol. The molecule has 3 nitrogen and oxygen atoms in total. The highest BCUT2D eigenvalue weighted by molar-refractivity contribution is 7.99. The quantitative estimate of drug-likeness (QED) is 0.875. The molecule has 1 aliphatic heterocycles. The molecule has 1 aromatic rings. The molecule has 1 aliphatic rings. The Kier molecular flexibility index (Phi) is 3.83. The molecular formula is C12H17NO2S. The van der Waals surface area contributed by atoms with Crippen molar-refractivity contribution < 1.29 is 9.47 Å². The van der Waals surface area contributed by atoms with Gasteiger partial charge in [-0.15, -0.1) is 0 Å². The molecule has 0 aromatic heterocycles. The van der Waals surface area contributed by atoms with E-state index in [0.717, 1.165) is 17.2 Å². The van der Waals surface area contributed by atoms with Crippen LogP contribution in [0.5, 0.6) is 11.5 Å². The van der Waals surface area contributed by atoms with E-state index in [1.54, 1.807) is 14.2 Å². The van der Waals surface area contributed by atoms with E-state index < -0.39 is 0 Å². The van der Waals surface area contributed by atoms with E-state index in [1.807, 2.05) is 30.0 Å². The summed E-state index contributed by atoms with van der Waals surface area (Å²) in [6, 6.07) is 6.47. The van der Waals surface area contributed by atoms with E-state index in [-0.39, 0.29) is 0 Å². The molecule has 0 amide bonds. The second kappa shape index (κ2) is 5.34. The fourth-order valence-corrected chi connectivity index (χ4v) is 2.93. The van der Waals surface area contributed by atoms with Gasteiger partial charge in [0.15, 0.2) is 0 Å². The zero-order valence-electron chi connectivity index (χ0n) is 9.66. The number of hydrogen-bond donors (Lipinski definition) is 1. The van der Waals surface area contributed by atoms with Crippen LogP contribution in [-0.4, -0.2) is 31.8 Å². The fourth-order valence-electron chi connectivity index (χ4n) is 1.77. The number of thioether (sulfide) groups is 1. The van der Waals surface area contributed by atoms with Crippen molar-refractivity contribution in [1.82, 2.24) is 0 Å². The lowest BCUT2D eigenvalue weighted by molar-refractivity contribution is 0.394. The maximum atomic E-state index is 5.24. The Labute approximate surface area is 101 Å². The molecule has 0 radical (unpaired) electrons. The standard InChI is InChI=1S/C12H17NO2S/c1-14-11-5-10(6-12(7-11)15-2)13-9-3-4-16-8-9/h5-7,9,13H,3-4,8H2,1-2H3. The van der Waals surface area contributed by atoms with E-state index in [4.69, 9.17) is 9.47 Å². The minimum atomic E-state index is 0.571. The van der Waals surface area contributed by atoms with Crippen LogP contribution >= 0.6 is 11.8 Å². The van der Waals surface area contributed by atoms with Gasteiger partial charge in [-0.1, -0.05) is 0 Å². The summed E-state index contributed by atoms with van der Waals surface area (Å²) in [6.45, 7) is 0. The number of ether oxygens (including phenoxy) is 2. The van der Waals surface area contributed by atoms with Crippen molar-refractivity contribution in [3.8, 4) is 11.5 Å². The molecule has 1 unspecified atom stereocenters. The Morgan fingerprint density at radius 3 is 2.38 bits per heavy atom. The number of anilines is 1. The van der Waals surface area contributed by atoms with Crippen molar-refractivity contribution in [2.45, 2.75) is 12.5 Å². The predicted octanol–water partition coefficient (Wildman–Crippen LogP) is 2.62. The highest BCUT2D eigenvalue weighted by Crippen LogP contribution is 2.28. The molecule has 0 spiro atoms. The Hall–Kier alpha value is -1.03. The SMILES string of the molecule is COc1cc(NC2CCSC2)cc(OC)c1. The van der Waals surface area contributed by atoms with Gasteiger partial charge in [-0.3, -0.25) is 0 Å². The van der Waals surface area contributed by atoms with Crippen molar-refractivity contribution in [3.63, 3.8) is 0 Å². The zero-order valence-corrected chi connectivity index (χ0v) is 10.5. The Balaban J connectivity index is 2.12. The molecule has 1 aromatic carbocycles. The van der Waals surface area contributed by atoms with Gasteiger partial charge in [0, 0.05) is 35.7 Å².